The lowest BCUT2D eigenvalue weighted by Gasteiger charge is -2.16. The van der Waals surface area contributed by atoms with Crippen molar-refractivity contribution in [2.45, 2.75) is 45.1 Å². The van der Waals surface area contributed by atoms with Gasteiger partial charge in [0.1, 0.15) is 29.6 Å². The Balaban J connectivity index is 1.47. The topological polar surface area (TPSA) is 80.6 Å². The van der Waals surface area contributed by atoms with Gasteiger partial charge in [0, 0.05) is 29.3 Å². The Bertz CT molecular complexity index is 1300. The van der Waals surface area contributed by atoms with Gasteiger partial charge in [0.25, 0.3) is 5.91 Å². The molecule has 0 radical (unpaired) electrons. The zero-order valence-electron chi connectivity index (χ0n) is 19.0. The summed E-state index contributed by atoms with van der Waals surface area (Å²) in [5.74, 6) is -1.39. The van der Waals surface area contributed by atoms with Crippen molar-refractivity contribution in [2.24, 2.45) is 0 Å². The van der Waals surface area contributed by atoms with Crippen molar-refractivity contribution in [1.82, 2.24) is 9.88 Å². The summed E-state index contributed by atoms with van der Waals surface area (Å²) in [6.07, 6.45) is 0.970. The maximum absolute atomic E-state index is 13.9. The summed E-state index contributed by atoms with van der Waals surface area (Å²) >= 11 is 0. The number of aromatic nitrogens is 1. The van der Waals surface area contributed by atoms with Crippen molar-refractivity contribution in [3.05, 3.63) is 92.9 Å². The number of nitrogens with zero attached hydrogens (tertiary/aromatic N) is 1. The van der Waals surface area contributed by atoms with Gasteiger partial charge >= 0.3 is 0 Å². The monoisotopic (exact) mass is 466 g/mol. The van der Waals surface area contributed by atoms with Gasteiger partial charge in [-0.15, -0.1) is 0 Å². The van der Waals surface area contributed by atoms with E-state index < -0.39 is 17.2 Å². The van der Waals surface area contributed by atoms with Crippen LogP contribution in [-0.4, -0.2) is 29.0 Å². The molecule has 1 amide bonds. The molecule has 0 spiro atoms. The first kappa shape index (κ1) is 23.7. The lowest BCUT2D eigenvalue weighted by molar-refractivity contribution is -0.131. The minimum absolute atomic E-state index is 0.126. The standard InChI is InChI=1S/C25H25BF2N2O4/c1-15-9-21(34-14-18-5-6-19(27)11-20(18)28)22(26)23(31)30(15)13-17-4-2-3-16(10-17)12-29-24(32)25(33)7-8-25/h2-6,9-11,33H,7-8,12-14,26H2,1H3,(H,29,32). The molecule has 2 N–H and O–H groups in total. The molecule has 1 aliphatic carbocycles. The van der Waals surface area contributed by atoms with E-state index in [0.717, 1.165) is 23.3 Å². The van der Waals surface area contributed by atoms with Gasteiger partial charge in [0.15, 0.2) is 7.85 Å². The highest BCUT2D eigenvalue weighted by atomic mass is 19.1. The molecular formula is C25H25BF2N2O4. The van der Waals surface area contributed by atoms with Gasteiger partial charge in [-0.25, -0.2) is 8.78 Å². The minimum atomic E-state index is -1.22. The molecule has 1 heterocycles. The fourth-order valence-electron chi connectivity index (χ4n) is 3.70. The summed E-state index contributed by atoms with van der Waals surface area (Å²) in [6.45, 7) is 2.27. The molecule has 4 rings (SSSR count). The Labute approximate surface area is 196 Å². The number of nitrogens with one attached hydrogen (secondary N) is 1. The van der Waals surface area contributed by atoms with E-state index in [-0.39, 0.29) is 30.2 Å². The van der Waals surface area contributed by atoms with E-state index >= 15 is 0 Å². The van der Waals surface area contributed by atoms with Crippen LogP contribution in [0.1, 0.15) is 35.2 Å². The minimum Gasteiger partial charge on any atom is -0.489 e. The second kappa shape index (κ2) is 9.42. The number of benzene rings is 2. The van der Waals surface area contributed by atoms with Crippen LogP contribution in [0.25, 0.3) is 0 Å². The van der Waals surface area contributed by atoms with Crippen LogP contribution in [-0.2, 0) is 24.5 Å². The highest BCUT2D eigenvalue weighted by molar-refractivity contribution is 6.33. The van der Waals surface area contributed by atoms with E-state index in [4.69, 9.17) is 4.74 Å². The molecule has 1 aromatic heterocycles. The normalized spacial score (nSPS) is 14.0. The molecule has 176 valence electrons. The summed E-state index contributed by atoms with van der Waals surface area (Å²) < 4.78 is 34.3. The fourth-order valence-corrected chi connectivity index (χ4v) is 3.70. The zero-order chi connectivity index (χ0) is 24.5. The average Bonchev–Trinajstić information content (AvgIpc) is 3.56. The van der Waals surface area contributed by atoms with Crippen LogP contribution in [0.3, 0.4) is 0 Å². The molecule has 0 saturated heterocycles. The van der Waals surface area contributed by atoms with Crippen molar-refractivity contribution in [2.75, 3.05) is 0 Å². The van der Waals surface area contributed by atoms with Gasteiger partial charge in [-0.05, 0) is 49.1 Å². The fraction of sp³-hybridized carbons (Fsp3) is 0.280. The van der Waals surface area contributed by atoms with Crippen LogP contribution in [0.4, 0.5) is 8.78 Å². The lowest BCUT2D eigenvalue weighted by Crippen LogP contribution is -2.37. The predicted octanol–water partition coefficient (Wildman–Crippen LogP) is 1.46. The third-order valence-electron chi connectivity index (χ3n) is 6.03. The molecule has 0 unspecified atom stereocenters. The van der Waals surface area contributed by atoms with Crippen LogP contribution in [0.2, 0.25) is 0 Å². The molecule has 1 saturated carbocycles. The van der Waals surface area contributed by atoms with Crippen LogP contribution < -0.4 is 21.1 Å². The summed E-state index contributed by atoms with van der Waals surface area (Å²) in [7, 11) is 1.64. The second-order valence-corrected chi connectivity index (χ2v) is 8.72. The van der Waals surface area contributed by atoms with Crippen LogP contribution in [0.15, 0.2) is 53.3 Å². The predicted molar refractivity (Wildman–Crippen MR) is 126 cm³/mol. The van der Waals surface area contributed by atoms with Gasteiger partial charge < -0.3 is 19.7 Å². The Kier molecular flexibility index (Phi) is 6.57. The van der Waals surface area contributed by atoms with E-state index in [2.05, 4.69) is 5.32 Å². The lowest BCUT2D eigenvalue weighted by atomic mass is 9.96. The number of hydrogen-bond acceptors (Lipinski definition) is 4. The van der Waals surface area contributed by atoms with E-state index in [1.165, 1.54) is 6.07 Å². The largest absolute Gasteiger partial charge is 0.489 e. The van der Waals surface area contributed by atoms with Crippen molar-refractivity contribution in [1.29, 1.82) is 0 Å². The number of hydrogen-bond donors (Lipinski definition) is 2. The van der Waals surface area contributed by atoms with Crippen molar-refractivity contribution in [3.63, 3.8) is 0 Å². The SMILES string of the molecule is Bc1c(OCc2ccc(F)cc2F)cc(C)n(Cc2cccc(CNC(=O)C3(O)CC3)c2)c1=O. The third kappa shape index (κ3) is 5.20. The first-order valence-corrected chi connectivity index (χ1v) is 11.0. The van der Waals surface area contributed by atoms with Gasteiger partial charge in [-0.1, -0.05) is 24.3 Å². The molecule has 2 aromatic carbocycles. The molecular weight excluding hydrogens is 441 g/mol. The molecule has 6 nitrogen and oxygen atoms in total. The Hall–Kier alpha value is -3.46. The summed E-state index contributed by atoms with van der Waals surface area (Å²) in [4.78, 5) is 25.0. The number of rotatable bonds is 8. The number of aliphatic hydroxyl groups is 1. The zero-order valence-corrected chi connectivity index (χ0v) is 19.0. The molecule has 0 bridgehead atoms. The first-order valence-electron chi connectivity index (χ1n) is 11.0. The second-order valence-electron chi connectivity index (χ2n) is 8.72. The van der Waals surface area contributed by atoms with E-state index in [9.17, 15) is 23.5 Å². The number of carbonyl (C=O) groups excluding carboxylic acids is 1. The van der Waals surface area contributed by atoms with E-state index in [0.29, 0.717) is 36.3 Å². The van der Waals surface area contributed by atoms with Crippen LogP contribution >= 0.6 is 0 Å². The first-order chi connectivity index (χ1) is 16.2. The maximum Gasteiger partial charge on any atom is 0.252 e. The summed E-state index contributed by atoms with van der Waals surface area (Å²) in [5.41, 5.74) is 1.53. The van der Waals surface area contributed by atoms with Gasteiger partial charge in [-0.2, -0.15) is 0 Å². The number of aryl methyl sites for hydroxylation is 1. The molecule has 1 fully saturated rings. The Morgan fingerprint density at radius 1 is 1.18 bits per heavy atom. The third-order valence-corrected chi connectivity index (χ3v) is 6.03. The summed E-state index contributed by atoms with van der Waals surface area (Å²) in [5, 5.41) is 12.6. The summed E-state index contributed by atoms with van der Waals surface area (Å²) in [6, 6.07) is 12.5. The maximum atomic E-state index is 13.9. The smallest absolute Gasteiger partial charge is 0.252 e. The Morgan fingerprint density at radius 2 is 1.91 bits per heavy atom. The molecule has 9 heteroatoms. The average molecular weight is 466 g/mol. The van der Waals surface area contributed by atoms with Gasteiger partial charge in [-0.3, -0.25) is 9.59 Å². The quantitative estimate of drug-likeness (QED) is 0.493. The molecule has 1 aliphatic rings. The molecule has 34 heavy (non-hydrogen) atoms. The highest BCUT2D eigenvalue weighted by Gasteiger charge is 2.47. The van der Waals surface area contributed by atoms with Crippen molar-refractivity contribution >= 4 is 19.2 Å². The number of carbonyl (C=O) groups is 1. The molecule has 0 atom stereocenters. The number of halogens is 2. The molecule has 0 aliphatic heterocycles. The number of pyridine rings is 1. The number of ether oxygens (including phenoxy) is 1. The highest BCUT2D eigenvalue weighted by Crippen LogP contribution is 2.35. The van der Waals surface area contributed by atoms with Crippen molar-refractivity contribution in [3.8, 4) is 5.75 Å². The Morgan fingerprint density at radius 3 is 2.62 bits per heavy atom. The van der Waals surface area contributed by atoms with E-state index in [1.54, 1.807) is 25.4 Å². The van der Waals surface area contributed by atoms with Crippen LogP contribution in [0.5, 0.6) is 5.75 Å². The van der Waals surface area contributed by atoms with Gasteiger partial charge in [0.2, 0.25) is 5.56 Å². The van der Waals surface area contributed by atoms with Crippen molar-refractivity contribution < 1.29 is 23.4 Å². The molecule has 3 aromatic rings. The van der Waals surface area contributed by atoms with Gasteiger partial charge in [0.05, 0.1) is 6.54 Å². The number of amides is 1. The van der Waals surface area contributed by atoms with E-state index in [1.807, 2.05) is 24.3 Å². The van der Waals surface area contributed by atoms with Crippen LogP contribution in [0, 0.1) is 18.6 Å².